The summed E-state index contributed by atoms with van der Waals surface area (Å²) in [7, 11) is 1.76. The van der Waals surface area contributed by atoms with Crippen molar-refractivity contribution >= 4 is 0 Å². The first-order valence-electron chi connectivity index (χ1n) is 9.87. The Bertz CT molecular complexity index is 684. The quantitative estimate of drug-likeness (QED) is 0.784. The zero-order chi connectivity index (χ0) is 18.4. The van der Waals surface area contributed by atoms with Crippen molar-refractivity contribution in [1.82, 2.24) is 10.6 Å². The Morgan fingerprint density at radius 3 is 2.65 bits per heavy atom. The highest BCUT2D eigenvalue weighted by Gasteiger charge is 2.24. The maximum Gasteiger partial charge on any atom is 0.123 e. The summed E-state index contributed by atoms with van der Waals surface area (Å²) in [5.74, 6) is 1.50. The molecule has 2 aromatic rings. The van der Waals surface area contributed by atoms with Gasteiger partial charge >= 0.3 is 0 Å². The number of nitrogens with one attached hydrogen (secondary N) is 2. The van der Waals surface area contributed by atoms with E-state index in [-0.39, 0.29) is 0 Å². The zero-order valence-electron chi connectivity index (χ0n) is 16.3. The Labute approximate surface area is 158 Å². The van der Waals surface area contributed by atoms with Gasteiger partial charge in [0.15, 0.2) is 0 Å². The number of methoxy groups -OCH3 is 1. The van der Waals surface area contributed by atoms with Gasteiger partial charge in [-0.25, -0.2) is 0 Å². The van der Waals surface area contributed by atoms with Crippen LogP contribution in [0.4, 0.5) is 0 Å². The Morgan fingerprint density at radius 2 is 1.92 bits per heavy atom. The van der Waals surface area contributed by atoms with Crippen LogP contribution in [-0.2, 0) is 6.54 Å². The van der Waals surface area contributed by atoms with Gasteiger partial charge in [-0.05, 0) is 42.5 Å². The minimum atomic E-state index is 0.359. The van der Waals surface area contributed by atoms with Gasteiger partial charge in [-0.2, -0.15) is 0 Å². The minimum Gasteiger partial charge on any atom is -0.496 e. The summed E-state index contributed by atoms with van der Waals surface area (Å²) in [5, 5.41) is 7.57. The van der Waals surface area contributed by atoms with E-state index in [0.29, 0.717) is 18.0 Å². The summed E-state index contributed by atoms with van der Waals surface area (Å²) < 4.78 is 5.60. The van der Waals surface area contributed by atoms with Crippen LogP contribution in [0.5, 0.6) is 5.75 Å². The molecule has 0 spiro atoms. The van der Waals surface area contributed by atoms with Crippen LogP contribution in [-0.4, -0.2) is 19.7 Å². The predicted octanol–water partition coefficient (Wildman–Crippen LogP) is 4.79. The lowest BCUT2D eigenvalue weighted by Gasteiger charge is -2.28. The molecule has 0 bridgehead atoms. The van der Waals surface area contributed by atoms with Gasteiger partial charge in [0.25, 0.3) is 0 Å². The molecule has 1 saturated heterocycles. The molecule has 140 valence electrons. The molecule has 1 heterocycles. The molecule has 3 nitrogen and oxygen atoms in total. The lowest BCUT2D eigenvalue weighted by atomic mass is 9.96. The van der Waals surface area contributed by atoms with E-state index in [1.165, 1.54) is 36.0 Å². The highest BCUT2D eigenvalue weighted by molar-refractivity contribution is 5.38. The lowest BCUT2D eigenvalue weighted by Crippen LogP contribution is -2.40. The average Bonchev–Trinajstić information content (AvgIpc) is 2.92. The fraction of sp³-hybridized carbons (Fsp3) is 0.478. The number of hydrogen-bond donors (Lipinski definition) is 2. The SMILES string of the molecule is COc1ccc(C(C)C)cc1CNC1CCCCNC1c1ccccc1. The number of ether oxygens (including phenoxy) is 1. The van der Waals surface area contributed by atoms with E-state index < -0.39 is 0 Å². The molecule has 0 saturated carbocycles. The molecule has 1 fully saturated rings. The smallest absolute Gasteiger partial charge is 0.123 e. The van der Waals surface area contributed by atoms with Crippen molar-refractivity contribution in [2.24, 2.45) is 0 Å². The first-order valence-corrected chi connectivity index (χ1v) is 9.87. The van der Waals surface area contributed by atoms with Gasteiger partial charge in [0.05, 0.1) is 7.11 Å². The number of benzene rings is 2. The average molecular weight is 353 g/mol. The molecule has 1 aliphatic rings. The molecule has 3 heteroatoms. The van der Waals surface area contributed by atoms with Crippen LogP contribution in [0.15, 0.2) is 48.5 Å². The molecule has 2 atom stereocenters. The van der Waals surface area contributed by atoms with Gasteiger partial charge < -0.3 is 15.4 Å². The summed E-state index contributed by atoms with van der Waals surface area (Å²) in [4.78, 5) is 0. The summed E-state index contributed by atoms with van der Waals surface area (Å²) in [5.41, 5.74) is 3.98. The Hall–Kier alpha value is -1.84. The van der Waals surface area contributed by atoms with Crippen LogP contribution in [0.1, 0.15) is 61.8 Å². The van der Waals surface area contributed by atoms with Gasteiger partial charge in [-0.3, -0.25) is 0 Å². The Kier molecular flexibility index (Phi) is 6.70. The maximum absolute atomic E-state index is 5.60. The van der Waals surface area contributed by atoms with E-state index in [1.54, 1.807) is 7.11 Å². The maximum atomic E-state index is 5.60. The topological polar surface area (TPSA) is 33.3 Å². The van der Waals surface area contributed by atoms with Crippen LogP contribution < -0.4 is 15.4 Å². The summed E-state index contributed by atoms with van der Waals surface area (Å²) >= 11 is 0. The monoisotopic (exact) mass is 352 g/mol. The van der Waals surface area contributed by atoms with Gasteiger partial charge in [-0.15, -0.1) is 0 Å². The second-order valence-corrected chi connectivity index (χ2v) is 7.55. The Balaban J connectivity index is 1.77. The van der Waals surface area contributed by atoms with Crippen molar-refractivity contribution in [3.05, 3.63) is 65.2 Å². The first-order chi connectivity index (χ1) is 12.7. The second-order valence-electron chi connectivity index (χ2n) is 7.55. The first kappa shape index (κ1) is 18.9. The highest BCUT2D eigenvalue weighted by atomic mass is 16.5. The Morgan fingerprint density at radius 1 is 1.12 bits per heavy atom. The van der Waals surface area contributed by atoms with Gasteiger partial charge in [0.1, 0.15) is 5.75 Å². The third kappa shape index (κ3) is 4.66. The van der Waals surface area contributed by atoms with Crippen molar-refractivity contribution in [3.8, 4) is 5.75 Å². The van der Waals surface area contributed by atoms with E-state index in [9.17, 15) is 0 Å². The van der Waals surface area contributed by atoms with Crippen LogP contribution in [0.2, 0.25) is 0 Å². The van der Waals surface area contributed by atoms with Gasteiger partial charge in [-0.1, -0.05) is 62.7 Å². The molecule has 3 rings (SSSR count). The zero-order valence-corrected chi connectivity index (χ0v) is 16.3. The largest absolute Gasteiger partial charge is 0.496 e. The molecule has 2 unspecified atom stereocenters. The molecular formula is C23H32N2O. The lowest BCUT2D eigenvalue weighted by molar-refractivity contribution is 0.373. The van der Waals surface area contributed by atoms with E-state index in [4.69, 9.17) is 4.74 Å². The van der Waals surface area contributed by atoms with Crippen LogP contribution in [0.25, 0.3) is 0 Å². The molecule has 2 N–H and O–H groups in total. The molecule has 0 amide bonds. The van der Waals surface area contributed by atoms with E-state index in [0.717, 1.165) is 18.8 Å². The summed E-state index contributed by atoms with van der Waals surface area (Å²) in [6, 6.07) is 18.2. The molecule has 1 aliphatic heterocycles. The standard InChI is InChI=1S/C23H32N2O/c1-17(2)19-12-13-22(26-3)20(15-19)16-25-21-11-7-8-14-24-23(21)18-9-5-4-6-10-18/h4-6,9-10,12-13,15,17,21,23-25H,7-8,11,14,16H2,1-3H3. The van der Waals surface area contributed by atoms with Crippen molar-refractivity contribution in [3.63, 3.8) is 0 Å². The van der Waals surface area contributed by atoms with Crippen molar-refractivity contribution in [2.75, 3.05) is 13.7 Å². The van der Waals surface area contributed by atoms with Crippen LogP contribution >= 0.6 is 0 Å². The predicted molar refractivity (Wildman–Crippen MR) is 109 cm³/mol. The molecule has 0 aromatic heterocycles. The van der Waals surface area contributed by atoms with E-state index in [2.05, 4.69) is 73.0 Å². The molecule has 0 radical (unpaired) electrons. The van der Waals surface area contributed by atoms with Crippen LogP contribution in [0, 0.1) is 0 Å². The normalized spacial score (nSPS) is 20.8. The van der Waals surface area contributed by atoms with E-state index >= 15 is 0 Å². The third-order valence-corrected chi connectivity index (χ3v) is 5.39. The van der Waals surface area contributed by atoms with Crippen molar-refractivity contribution < 1.29 is 4.74 Å². The molecular weight excluding hydrogens is 320 g/mol. The fourth-order valence-corrected chi connectivity index (χ4v) is 3.82. The fourth-order valence-electron chi connectivity index (χ4n) is 3.82. The van der Waals surface area contributed by atoms with Crippen LogP contribution in [0.3, 0.4) is 0 Å². The number of hydrogen-bond acceptors (Lipinski definition) is 3. The molecule has 26 heavy (non-hydrogen) atoms. The third-order valence-electron chi connectivity index (χ3n) is 5.39. The van der Waals surface area contributed by atoms with Crippen molar-refractivity contribution in [2.45, 2.75) is 57.7 Å². The summed E-state index contributed by atoms with van der Waals surface area (Å²) in [6.07, 6.45) is 3.70. The van der Waals surface area contributed by atoms with Gasteiger partial charge in [0.2, 0.25) is 0 Å². The van der Waals surface area contributed by atoms with Gasteiger partial charge in [0, 0.05) is 24.2 Å². The minimum absolute atomic E-state index is 0.359. The van der Waals surface area contributed by atoms with E-state index in [1.807, 2.05) is 0 Å². The molecule has 2 aromatic carbocycles. The number of rotatable bonds is 6. The molecule has 0 aliphatic carbocycles. The summed E-state index contributed by atoms with van der Waals surface area (Å²) in [6.45, 7) is 6.39. The second kappa shape index (κ2) is 9.20. The highest BCUT2D eigenvalue weighted by Crippen LogP contribution is 2.27. The van der Waals surface area contributed by atoms with Crippen molar-refractivity contribution in [1.29, 1.82) is 0 Å².